The number of pyridine rings is 1. The second-order valence-corrected chi connectivity index (χ2v) is 23.3. The normalized spacial score (nSPS) is 21.2. The van der Waals surface area contributed by atoms with Crippen molar-refractivity contribution in [3.05, 3.63) is 111 Å². The number of aromatic nitrogens is 1. The van der Waals surface area contributed by atoms with Crippen molar-refractivity contribution < 1.29 is 9.84 Å². The molecule has 12 atom stereocenters. The number of rotatable bonds is 24. The maximum absolute atomic E-state index is 10.8. The number of likely N-dealkylation sites (N-methyl/N-ethyl adjacent to an activating group) is 1. The third kappa shape index (κ3) is 43.7. The molecule has 1 aromatic rings. The van der Waals surface area contributed by atoms with Gasteiger partial charge in [-0.05, 0) is 163 Å². The van der Waals surface area contributed by atoms with Crippen molar-refractivity contribution in [3.63, 3.8) is 0 Å². The van der Waals surface area contributed by atoms with Crippen LogP contribution in [0.5, 0.6) is 0 Å². The Morgan fingerprint density at radius 1 is 0.900 bits per heavy atom. The fraction of sp³-hybridized carbons (Fsp3) is 0.716. The topological polar surface area (TPSA) is 48.8 Å². The van der Waals surface area contributed by atoms with Gasteiger partial charge in [0.25, 0.3) is 0 Å². The number of thioether (sulfide) groups is 1. The highest BCUT2D eigenvalue weighted by atomic mass is 32.2. The molecule has 3 aliphatic carbocycles. The quantitative estimate of drug-likeness (QED) is 0.0632. The summed E-state index contributed by atoms with van der Waals surface area (Å²) in [6.07, 6.45) is 45.3. The fourth-order valence-electron chi connectivity index (χ4n) is 10.5. The van der Waals surface area contributed by atoms with E-state index in [0.29, 0.717) is 35.8 Å². The zero-order valence-corrected chi connectivity index (χ0v) is 58.3. The predicted molar refractivity (Wildman–Crippen MR) is 370 cm³/mol. The molecule has 5 nitrogen and oxygen atoms in total. The molecule has 0 saturated heterocycles. The van der Waals surface area contributed by atoms with Crippen molar-refractivity contribution in [1.29, 1.82) is 0 Å². The molecular formula is C74H139N3O2S. The van der Waals surface area contributed by atoms with Crippen LogP contribution in [-0.2, 0) is 4.74 Å². The van der Waals surface area contributed by atoms with Crippen LogP contribution in [0.25, 0.3) is 0 Å². The fourth-order valence-corrected chi connectivity index (χ4v) is 10.8. The highest BCUT2D eigenvalue weighted by Crippen LogP contribution is 2.37. The van der Waals surface area contributed by atoms with Gasteiger partial charge in [-0.3, -0.25) is 0 Å². The maximum atomic E-state index is 10.8. The van der Waals surface area contributed by atoms with Crippen LogP contribution in [0.4, 0.5) is 0 Å². The molecule has 2 fully saturated rings. The van der Waals surface area contributed by atoms with Crippen molar-refractivity contribution in [2.45, 2.75) is 256 Å². The van der Waals surface area contributed by atoms with E-state index in [2.05, 4.69) is 193 Å². The first-order valence-corrected chi connectivity index (χ1v) is 33.3. The molecule has 0 bridgehead atoms. The van der Waals surface area contributed by atoms with Crippen LogP contribution in [0.1, 0.15) is 239 Å². The molecule has 0 radical (unpaired) electrons. The van der Waals surface area contributed by atoms with E-state index in [1.165, 1.54) is 93.8 Å². The van der Waals surface area contributed by atoms with Crippen molar-refractivity contribution in [3.8, 4) is 12.8 Å². The summed E-state index contributed by atoms with van der Waals surface area (Å²) in [4.78, 5) is 9.24. The van der Waals surface area contributed by atoms with Crippen LogP contribution in [-0.4, -0.2) is 84.7 Å². The summed E-state index contributed by atoms with van der Waals surface area (Å²) in [6.45, 7) is 63.3. The Morgan fingerprint density at radius 2 is 1.48 bits per heavy atom. The van der Waals surface area contributed by atoms with Gasteiger partial charge in [-0.1, -0.05) is 210 Å². The van der Waals surface area contributed by atoms with Crippen molar-refractivity contribution in [2.24, 2.45) is 47.3 Å². The third-order valence-corrected chi connectivity index (χ3v) is 16.6. The molecule has 0 amide bonds. The molecule has 0 spiro atoms. The van der Waals surface area contributed by atoms with Gasteiger partial charge in [-0.25, -0.2) is 4.98 Å². The molecule has 2 saturated carbocycles. The van der Waals surface area contributed by atoms with Crippen LogP contribution in [0.3, 0.4) is 0 Å². The van der Waals surface area contributed by atoms with Crippen LogP contribution < -0.4 is 0 Å². The molecule has 4 rings (SSSR count). The molecule has 1 heterocycles. The molecule has 1 aromatic heterocycles. The van der Waals surface area contributed by atoms with E-state index in [-0.39, 0.29) is 5.92 Å². The van der Waals surface area contributed by atoms with Crippen molar-refractivity contribution in [1.82, 2.24) is 14.8 Å². The molecule has 0 aromatic carbocycles. The Balaban J connectivity index is -0.000000221. The Hall–Kier alpha value is -2.92. The zero-order valence-electron chi connectivity index (χ0n) is 57.5. The minimum Gasteiger partial charge on any atom is -0.390 e. The molecule has 6 heteroatoms. The summed E-state index contributed by atoms with van der Waals surface area (Å²) in [5, 5.41) is 11.8. The van der Waals surface area contributed by atoms with Gasteiger partial charge < -0.3 is 19.6 Å². The molecule has 3 aliphatic rings. The number of hydrogen-bond acceptors (Lipinski definition) is 6. The average molecular weight is 1140 g/mol. The van der Waals surface area contributed by atoms with Crippen molar-refractivity contribution in [2.75, 3.05) is 47.1 Å². The van der Waals surface area contributed by atoms with E-state index in [4.69, 9.17) is 4.74 Å². The van der Waals surface area contributed by atoms with Gasteiger partial charge in [0.2, 0.25) is 0 Å². The first-order chi connectivity index (χ1) is 38.2. The monoisotopic (exact) mass is 1130 g/mol. The van der Waals surface area contributed by atoms with Gasteiger partial charge in [0.1, 0.15) is 0 Å². The second kappa shape index (κ2) is 59.2. The van der Waals surface area contributed by atoms with E-state index in [1.807, 2.05) is 74.8 Å². The minimum absolute atomic E-state index is 0.246. The van der Waals surface area contributed by atoms with E-state index in [1.54, 1.807) is 17.8 Å². The lowest BCUT2D eigenvalue weighted by molar-refractivity contribution is -0.0187. The minimum atomic E-state index is -0.595. The Kier molecular flexibility index (Phi) is 65.4. The van der Waals surface area contributed by atoms with E-state index >= 15 is 0 Å². The number of ether oxygens (including phenoxy) is 1. The smallest absolute Gasteiger partial charge is 0.0957 e. The summed E-state index contributed by atoms with van der Waals surface area (Å²) < 4.78 is 5.50. The highest BCUT2D eigenvalue weighted by Gasteiger charge is 2.34. The Bertz CT molecular complexity index is 1620. The lowest BCUT2D eigenvalue weighted by atomic mass is 9.72. The standard InChI is InChI=1S/C24H46O.C16H22N2S.C13H25NO.C8H16.C3H6.3C2H6.C2H4.C2H2/c1-10-16-24(9,25)22(8)21(7)20(6)19(5)17-23(12-3)15-13-14-18(4)11-2;1-4-18(2)12-13-5-7-14(8-6-13)15-9-10-16(19-3)17-11-15;1-5-6-7-14(3)12-8-11(2)9-13(10-12)15-4;1-7-4-3-5-8(2)6-7;1-3-2;5*1-2/h11,18-19,21-23,25H,2,6,10,12-17H2,1,3-5,7-9H3;5-7,9-11,14H,4,8,12H2,1-3H3;5,11-13H,1,6-10H2,2-4H3;7-8H,3-6H2,1-2H3;3H,1H2,2H3;3*1-2H3;1-2H2;1-2H/t18?,19-,21?,22?,23?,24-;;;;;;;;;/m1........./s1. The van der Waals surface area contributed by atoms with Gasteiger partial charge in [0.15, 0.2) is 0 Å². The molecule has 1 N–H and O–H groups in total. The lowest BCUT2D eigenvalue weighted by Gasteiger charge is -2.37. The maximum Gasteiger partial charge on any atom is 0.0957 e. The van der Waals surface area contributed by atoms with Crippen LogP contribution in [0, 0.1) is 60.2 Å². The van der Waals surface area contributed by atoms with Gasteiger partial charge in [0.05, 0.1) is 16.7 Å². The first-order valence-electron chi connectivity index (χ1n) is 32.0. The summed E-state index contributed by atoms with van der Waals surface area (Å²) in [7, 11) is 6.22. The largest absolute Gasteiger partial charge is 0.390 e. The predicted octanol–water partition coefficient (Wildman–Crippen LogP) is 22.0. The summed E-state index contributed by atoms with van der Waals surface area (Å²) in [5.41, 5.74) is 3.46. The Morgan fingerprint density at radius 3 is 1.89 bits per heavy atom. The van der Waals surface area contributed by atoms with Gasteiger partial charge in [0, 0.05) is 38.4 Å². The molecule has 468 valence electrons. The Labute approximate surface area is 508 Å². The van der Waals surface area contributed by atoms with E-state index < -0.39 is 5.60 Å². The lowest BCUT2D eigenvalue weighted by Crippen LogP contribution is -2.41. The summed E-state index contributed by atoms with van der Waals surface area (Å²) >= 11 is 1.69. The number of hydrogen-bond donors (Lipinski definition) is 1. The molecule has 80 heavy (non-hydrogen) atoms. The zero-order chi connectivity index (χ0) is 63.2. The number of nitrogens with zero attached hydrogens (tertiary/aromatic N) is 3. The van der Waals surface area contributed by atoms with Gasteiger partial charge in [-0.15, -0.1) is 57.5 Å². The third-order valence-electron chi connectivity index (χ3n) is 15.9. The van der Waals surface area contributed by atoms with Crippen LogP contribution >= 0.6 is 11.8 Å². The van der Waals surface area contributed by atoms with Gasteiger partial charge in [-0.2, -0.15) is 0 Å². The highest BCUT2D eigenvalue weighted by molar-refractivity contribution is 7.98. The number of allylic oxidation sites excluding steroid dienone is 5. The average Bonchev–Trinajstić information content (AvgIpc) is 3.48. The van der Waals surface area contributed by atoms with E-state index in [0.717, 1.165) is 74.0 Å². The van der Waals surface area contributed by atoms with E-state index in [9.17, 15) is 5.11 Å². The van der Waals surface area contributed by atoms with Gasteiger partial charge >= 0.3 is 0 Å². The van der Waals surface area contributed by atoms with Crippen LogP contribution in [0.2, 0.25) is 0 Å². The van der Waals surface area contributed by atoms with Crippen LogP contribution in [0.15, 0.2) is 110 Å². The molecule has 10 unspecified atom stereocenters. The molecular weight excluding hydrogens is 995 g/mol. The SMILES string of the molecule is C#C.C=C.C=CC.C=CC(C)CCCC(CC)C[C@@H](C)C(=C)C(C)C(C)[C@](C)(O)CCC.C=CCCN(C)C1CC(C)CC(OC)C1.CC.CC.CC.CC1CCCC(C)C1.CCN(C)CC1=CCC(c2ccc(SC)nc2)C=C1. The van der Waals surface area contributed by atoms with Crippen molar-refractivity contribution >= 4 is 11.8 Å². The summed E-state index contributed by atoms with van der Waals surface area (Å²) in [6, 6.07) is 5.00. The first kappa shape index (κ1) is 88.3. The second-order valence-electron chi connectivity index (χ2n) is 22.4. The number of methoxy groups -OCH3 is 1. The molecule has 0 aliphatic heterocycles. The number of aliphatic hydroxyl groups is 1. The number of terminal acetylenes is 1. The summed E-state index contributed by atoms with van der Waals surface area (Å²) in [5.74, 6) is 5.84.